The highest BCUT2D eigenvalue weighted by molar-refractivity contribution is 6.32. The topological polar surface area (TPSA) is 30.0 Å². The van der Waals surface area contributed by atoms with Crippen LogP contribution in [0.4, 0.5) is 0 Å². The maximum atomic E-state index is 10.1. The summed E-state index contributed by atoms with van der Waals surface area (Å²) in [5.74, 6) is 0. The van der Waals surface area contributed by atoms with Crippen molar-refractivity contribution in [2.24, 2.45) is 0 Å². The number of carbonyl (C=O) groups excluding carboxylic acids is 1. The van der Waals surface area contributed by atoms with E-state index in [1.165, 1.54) is 6.20 Å². The van der Waals surface area contributed by atoms with Crippen LogP contribution >= 0.6 is 24.0 Å². The third-order valence-corrected chi connectivity index (χ3v) is 1.22. The summed E-state index contributed by atoms with van der Waals surface area (Å²) in [4.78, 5) is 13.8. The first-order valence-corrected chi connectivity index (χ1v) is 2.78. The lowest BCUT2D eigenvalue weighted by molar-refractivity contribution is 0.111. The molecule has 0 spiro atoms. The van der Waals surface area contributed by atoms with Crippen LogP contribution in [0.1, 0.15) is 10.5 Å². The number of nitrogens with zero attached hydrogens (tertiary/aromatic N) is 1. The number of halogens is 2. The molecule has 0 saturated heterocycles. The minimum absolute atomic E-state index is 0. The summed E-state index contributed by atoms with van der Waals surface area (Å²) < 4.78 is 0. The van der Waals surface area contributed by atoms with Gasteiger partial charge in [-0.2, -0.15) is 0 Å². The highest BCUT2D eigenvalue weighted by Crippen LogP contribution is 2.08. The second-order valence-corrected chi connectivity index (χ2v) is 1.90. The smallest absolute Gasteiger partial charge is 0.169 e. The summed E-state index contributed by atoms with van der Waals surface area (Å²) in [6, 6.07) is 3.30. The van der Waals surface area contributed by atoms with Gasteiger partial charge in [0.25, 0.3) is 0 Å². The largest absolute Gasteiger partial charge is 0.296 e. The predicted molar refractivity (Wildman–Crippen MR) is 41.9 cm³/mol. The van der Waals surface area contributed by atoms with Gasteiger partial charge in [0.05, 0.1) is 5.02 Å². The number of rotatable bonds is 1. The Kier molecular flexibility index (Phi) is 4.00. The molecule has 0 bridgehead atoms. The molecule has 0 amide bonds. The molecule has 10 heavy (non-hydrogen) atoms. The zero-order chi connectivity index (χ0) is 6.69. The molecular weight excluding hydrogens is 173 g/mol. The first-order chi connectivity index (χ1) is 4.34. The van der Waals surface area contributed by atoms with Gasteiger partial charge in [0, 0.05) is 6.20 Å². The van der Waals surface area contributed by atoms with Crippen molar-refractivity contribution in [3.63, 3.8) is 0 Å². The fourth-order valence-electron chi connectivity index (χ4n) is 0.485. The Hall–Kier alpha value is -0.600. The molecule has 1 aromatic heterocycles. The molecule has 0 aromatic carbocycles. The Morgan fingerprint density at radius 3 is 2.70 bits per heavy atom. The number of pyridine rings is 1. The van der Waals surface area contributed by atoms with Crippen LogP contribution in [0.2, 0.25) is 5.02 Å². The molecule has 1 heterocycles. The molecular formula is C6H5Cl2NO. The first kappa shape index (κ1) is 9.40. The molecule has 0 N–H and O–H groups in total. The fraction of sp³-hybridized carbons (Fsp3) is 0. The Morgan fingerprint density at radius 1 is 1.60 bits per heavy atom. The van der Waals surface area contributed by atoms with E-state index in [9.17, 15) is 4.79 Å². The minimum atomic E-state index is 0. The maximum absolute atomic E-state index is 10.1. The summed E-state index contributed by atoms with van der Waals surface area (Å²) >= 11 is 5.53. The van der Waals surface area contributed by atoms with E-state index in [2.05, 4.69) is 4.98 Å². The van der Waals surface area contributed by atoms with Gasteiger partial charge in [0.15, 0.2) is 6.29 Å². The Morgan fingerprint density at radius 2 is 2.30 bits per heavy atom. The van der Waals surface area contributed by atoms with Crippen LogP contribution in [0.15, 0.2) is 18.3 Å². The van der Waals surface area contributed by atoms with E-state index >= 15 is 0 Å². The van der Waals surface area contributed by atoms with Crippen molar-refractivity contribution in [2.75, 3.05) is 0 Å². The Balaban J connectivity index is 0.000000810. The molecule has 0 atom stereocenters. The van der Waals surface area contributed by atoms with Crippen molar-refractivity contribution in [2.45, 2.75) is 0 Å². The molecule has 0 aliphatic carbocycles. The standard InChI is InChI=1S/C6H4ClNO.ClH/c7-5-2-1-3-8-6(5)4-9;/h1-4H;1H. The van der Waals surface area contributed by atoms with Crippen molar-refractivity contribution < 1.29 is 4.79 Å². The quantitative estimate of drug-likeness (QED) is 0.615. The second-order valence-electron chi connectivity index (χ2n) is 1.49. The van der Waals surface area contributed by atoms with Gasteiger partial charge >= 0.3 is 0 Å². The molecule has 2 nitrogen and oxygen atoms in total. The number of aromatic nitrogens is 1. The number of carbonyl (C=O) groups is 1. The van der Waals surface area contributed by atoms with E-state index in [0.29, 0.717) is 17.0 Å². The average Bonchev–Trinajstić information content (AvgIpc) is 1.89. The van der Waals surface area contributed by atoms with E-state index in [0.717, 1.165) is 0 Å². The zero-order valence-electron chi connectivity index (χ0n) is 4.95. The highest BCUT2D eigenvalue weighted by atomic mass is 35.5. The van der Waals surface area contributed by atoms with Crippen LogP contribution in [-0.2, 0) is 0 Å². The van der Waals surface area contributed by atoms with Gasteiger partial charge in [0.1, 0.15) is 5.69 Å². The SMILES string of the molecule is Cl.O=Cc1ncccc1Cl. The highest BCUT2D eigenvalue weighted by Gasteiger charge is 1.94. The summed E-state index contributed by atoms with van der Waals surface area (Å²) in [6.45, 7) is 0. The molecule has 0 aliphatic heterocycles. The molecule has 0 unspecified atom stereocenters. The molecule has 0 fully saturated rings. The van der Waals surface area contributed by atoms with Crippen LogP contribution in [-0.4, -0.2) is 11.3 Å². The monoisotopic (exact) mass is 177 g/mol. The molecule has 4 heteroatoms. The van der Waals surface area contributed by atoms with Crippen LogP contribution in [0.25, 0.3) is 0 Å². The van der Waals surface area contributed by atoms with Gasteiger partial charge in [-0.15, -0.1) is 12.4 Å². The summed E-state index contributed by atoms with van der Waals surface area (Å²) in [6.07, 6.45) is 2.15. The zero-order valence-corrected chi connectivity index (χ0v) is 6.52. The van der Waals surface area contributed by atoms with E-state index in [1.54, 1.807) is 12.1 Å². The lowest BCUT2D eigenvalue weighted by Gasteiger charge is -1.89. The summed E-state index contributed by atoms with van der Waals surface area (Å²) in [5.41, 5.74) is 0.291. The van der Waals surface area contributed by atoms with E-state index in [-0.39, 0.29) is 12.4 Å². The second kappa shape index (κ2) is 4.25. The maximum Gasteiger partial charge on any atom is 0.169 e. The van der Waals surface area contributed by atoms with Crippen molar-refractivity contribution >= 4 is 30.3 Å². The van der Waals surface area contributed by atoms with Crippen LogP contribution in [0.3, 0.4) is 0 Å². The van der Waals surface area contributed by atoms with Crippen LogP contribution < -0.4 is 0 Å². The first-order valence-electron chi connectivity index (χ1n) is 2.40. The Labute approximate surface area is 69.6 Å². The minimum Gasteiger partial charge on any atom is -0.296 e. The Bertz CT molecular complexity index is 227. The molecule has 0 saturated carbocycles. The van der Waals surface area contributed by atoms with Gasteiger partial charge in [0.2, 0.25) is 0 Å². The van der Waals surface area contributed by atoms with Crippen molar-refractivity contribution in [3.05, 3.63) is 29.0 Å². The van der Waals surface area contributed by atoms with Crippen molar-refractivity contribution in [1.82, 2.24) is 4.98 Å². The van der Waals surface area contributed by atoms with Crippen molar-refractivity contribution in [1.29, 1.82) is 0 Å². The van der Waals surface area contributed by atoms with Gasteiger partial charge in [-0.25, -0.2) is 0 Å². The van der Waals surface area contributed by atoms with Gasteiger partial charge in [-0.3, -0.25) is 9.78 Å². The van der Waals surface area contributed by atoms with Crippen molar-refractivity contribution in [3.8, 4) is 0 Å². The lowest BCUT2D eigenvalue weighted by Crippen LogP contribution is -1.84. The van der Waals surface area contributed by atoms with Gasteiger partial charge < -0.3 is 0 Å². The van der Waals surface area contributed by atoms with E-state index in [4.69, 9.17) is 11.6 Å². The molecule has 54 valence electrons. The van der Waals surface area contributed by atoms with E-state index < -0.39 is 0 Å². The lowest BCUT2D eigenvalue weighted by atomic mass is 10.4. The third-order valence-electron chi connectivity index (χ3n) is 0.899. The molecule has 0 radical (unpaired) electrons. The molecule has 0 aliphatic rings. The van der Waals surface area contributed by atoms with Gasteiger partial charge in [-0.1, -0.05) is 11.6 Å². The van der Waals surface area contributed by atoms with Crippen LogP contribution in [0, 0.1) is 0 Å². The van der Waals surface area contributed by atoms with Gasteiger partial charge in [-0.05, 0) is 12.1 Å². The number of hydrogen-bond donors (Lipinski definition) is 0. The normalized spacial score (nSPS) is 8.10. The molecule has 1 rings (SSSR count). The fourth-order valence-corrected chi connectivity index (χ4v) is 0.651. The predicted octanol–water partition coefficient (Wildman–Crippen LogP) is 1.97. The van der Waals surface area contributed by atoms with E-state index in [1.807, 2.05) is 0 Å². The number of hydrogen-bond acceptors (Lipinski definition) is 2. The van der Waals surface area contributed by atoms with Crippen LogP contribution in [0.5, 0.6) is 0 Å². The summed E-state index contributed by atoms with van der Waals surface area (Å²) in [5, 5.41) is 0.396. The molecule has 1 aromatic rings. The number of aldehydes is 1. The third kappa shape index (κ3) is 1.97. The summed E-state index contributed by atoms with van der Waals surface area (Å²) in [7, 11) is 0. The average molecular weight is 178 g/mol.